The Balaban J connectivity index is 2.44. The van der Waals surface area contributed by atoms with Gasteiger partial charge in [-0.1, -0.05) is 0 Å². The fourth-order valence-electron chi connectivity index (χ4n) is 0.925. The van der Waals surface area contributed by atoms with Gasteiger partial charge in [-0.15, -0.1) is 0 Å². The zero-order valence-electron chi connectivity index (χ0n) is 7.45. The molecule has 0 saturated carbocycles. The Bertz CT molecular complexity index is 189. The van der Waals surface area contributed by atoms with E-state index in [2.05, 4.69) is 0 Å². The summed E-state index contributed by atoms with van der Waals surface area (Å²) in [5.41, 5.74) is 0. The van der Waals surface area contributed by atoms with Crippen LogP contribution in [0.25, 0.3) is 0 Å². The zero-order valence-corrected chi connectivity index (χ0v) is 11.6. The molecule has 0 radical (unpaired) electrons. The molecule has 1 fully saturated rings. The molecule has 1 heterocycles. The average molecular weight is 311 g/mol. The first-order chi connectivity index (χ1) is 6.18. The van der Waals surface area contributed by atoms with Crippen LogP contribution in [0.1, 0.15) is 12.8 Å². The van der Waals surface area contributed by atoms with Crippen molar-refractivity contribution in [3.8, 4) is 0 Å². The van der Waals surface area contributed by atoms with Gasteiger partial charge >= 0.3 is 89.3 Å². The summed E-state index contributed by atoms with van der Waals surface area (Å²) >= 11 is -1.12. The number of thioether (sulfide) groups is 1. The number of hydrogen-bond donors (Lipinski definition) is 0. The van der Waals surface area contributed by atoms with Crippen LogP contribution in [0.5, 0.6) is 0 Å². The molecule has 0 amide bonds. The van der Waals surface area contributed by atoms with Gasteiger partial charge in [0.15, 0.2) is 0 Å². The van der Waals surface area contributed by atoms with Crippen LogP contribution in [-0.4, -0.2) is 44.0 Å². The molecule has 0 unspecified atom stereocenters. The molecular weight excluding hydrogens is 299 g/mol. The van der Waals surface area contributed by atoms with Gasteiger partial charge in [0.2, 0.25) is 0 Å². The van der Waals surface area contributed by atoms with Crippen molar-refractivity contribution in [1.29, 1.82) is 0 Å². The van der Waals surface area contributed by atoms with Crippen molar-refractivity contribution in [2.24, 2.45) is 0 Å². The molecule has 4 nitrogen and oxygen atoms in total. The maximum atomic E-state index is 11.0. The van der Waals surface area contributed by atoms with Gasteiger partial charge in [0.1, 0.15) is 0 Å². The molecule has 1 aliphatic heterocycles. The Kier molecular flexibility index (Phi) is 4.93. The van der Waals surface area contributed by atoms with Crippen LogP contribution in [0, 0.1) is 0 Å². The molecule has 0 aliphatic carbocycles. The van der Waals surface area contributed by atoms with E-state index in [4.69, 9.17) is 6.15 Å². The summed E-state index contributed by atoms with van der Waals surface area (Å²) in [5.74, 6) is 1.05. The van der Waals surface area contributed by atoms with Crippen molar-refractivity contribution < 1.29 is 15.7 Å². The second-order valence-electron chi connectivity index (χ2n) is 2.66. The third-order valence-corrected chi connectivity index (χ3v) is 5.88. The predicted octanol–water partition coefficient (Wildman–Crippen LogP) is 0.450. The van der Waals surface area contributed by atoms with Gasteiger partial charge in [0, 0.05) is 0 Å². The first-order valence-corrected chi connectivity index (χ1v) is 11.3. The molecule has 0 spiro atoms. The van der Waals surface area contributed by atoms with Crippen LogP contribution in [-0.2, 0) is 15.7 Å². The van der Waals surface area contributed by atoms with Crippen molar-refractivity contribution in [2.75, 3.05) is 11.5 Å². The zero-order chi connectivity index (χ0) is 9.68. The summed E-state index contributed by atoms with van der Waals surface area (Å²) in [6.45, 7) is 0. The first kappa shape index (κ1) is 11.2. The summed E-state index contributed by atoms with van der Waals surface area (Å²) in [7, 11) is 0. The van der Waals surface area contributed by atoms with E-state index in [1.807, 2.05) is 0 Å². The second-order valence-corrected chi connectivity index (χ2v) is 8.47. The molecule has 6 heteroatoms. The Hall–Kier alpha value is 0.0887. The Morgan fingerprint density at radius 3 is 2.08 bits per heavy atom. The molecule has 13 heavy (non-hydrogen) atoms. The van der Waals surface area contributed by atoms with Crippen LogP contribution < -0.4 is 0 Å². The van der Waals surface area contributed by atoms with Crippen LogP contribution in [0.15, 0.2) is 0 Å². The van der Waals surface area contributed by atoms with E-state index in [0.717, 1.165) is 11.5 Å². The van der Waals surface area contributed by atoms with Gasteiger partial charge < -0.3 is 0 Å². The van der Waals surface area contributed by atoms with Crippen LogP contribution in [0.4, 0.5) is 0 Å². The Morgan fingerprint density at radius 1 is 1.15 bits per heavy atom. The standard InChI is InChI=1S/C6H10O4S.CH3.Sn.H/c7-5(8)1-3-11-4-2-6(9)10;;;/h1-4H2,(H,7,8)(H,9,10);1H3;;/q;;+2;/p-2. The van der Waals surface area contributed by atoms with E-state index in [1.165, 1.54) is 0 Å². The van der Waals surface area contributed by atoms with Gasteiger partial charge in [-0.2, -0.15) is 0 Å². The summed E-state index contributed by atoms with van der Waals surface area (Å²) < 4.78 is 10.0. The fourth-order valence-corrected chi connectivity index (χ4v) is 4.67. The number of carbonyl (C=O) groups is 2. The summed E-state index contributed by atoms with van der Waals surface area (Å²) in [6.07, 6.45) is 0.868. The van der Waals surface area contributed by atoms with Crippen LogP contribution >= 0.6 is 11.8 Å². The van der Waals surface area contributed by atoms with Crippen LogP contribution in [0.3, 0.4) is 0 Å². The average Bonchev–Trinajstić information content (AvgIpc) is 2.02. The Labute approximate surface area is 89.2 Å². The van der Waals surface area contributed by atoms with Gasteiger partial charge in [0.05, 0.1) is 0 Å². The minimum atomic E-state index is -2.70. The second kappa shape index (κ2) is 5.74. The monoisotopic (exact) mass is 312 g/mol. The van der Waals surface area contributed by atoms with E-state index in [1.54, 1.807) is 16.7 Å². The summed E-state index contributed by atoms with van der Waals surface area (Å²) in [5, 5.41) is 0. The molecule has 1 rings (SSSR count). The van der Waals surface area contributed by atoms with Crippen molar-refractivity contribution in [2.45, 2.75) is 17.8 Å². The number of rotatable bonds is 0. The molecule has 0 aromatic heterocycles. The third-order valence-electron chi connectivity index (χ3n) is 1.50. The molecule has 0 atom stereocenters. The fraction of sp³-hybridized carbons (Fsp3) is 0.714. The number of carbonyl (C=O) groups excluding carboxylic acids is 2. The molecule has 0 aromatic carbocycles. The molecule has 74 valence electrons. The first-order valence-electron chi connectivity index (χ1n) is 4.15. The van der Waals surface area contributed by atoms with Gasteiger partial charge in [-0.25, -0.2) is 0 Å². The summed E-state index contributed by atoms with van der Waals surface area (Å²) in [4.78, 5) is 23.8. The molecule has 1 aliphatic rings. The summed E-state index contributed by atoms with van der Waals surface area (Å²) in [6, 6.07) is 0. The Morgan fingerprint density at radius 2 is 1.62 bits per heavy atom. The topological polar surface area (TPSA) is 52.6 Å². The van der Waals surface area contributed by atoms with Crippen molar-refractivity contribution >= 4 is 44.3 Å². The van der Waals surface area contributed by atoms with E-state index in [0.29, 0.717) is 12.8 Å². The normalized spacial score (nSPS) is 21.9. The third kappa shape index (κ3) is 4.75. The van der Waals surface area contributed by atoms with Crippen molar-refractivity contribution in [3.63, 3.8) is 0 Å². The van der Waals surface area contributed by atoms with Gasteiger partial charge in [-0.05, 0) is 0 Å². The van der Waals surface area contributed by atoms with E-state index in [-0.39, 0.29) is 11.9 Å². The van der Waals surface area contributed by atoms with Gasteiger partial charge in [-0.3, -0.25) is 0 Å². The molecule has 0 bridgehead atoms. The predicted molar refractivity (Wildman–Crippen MR) is 51.8 cm³/mol. The van der Waals surface area contributed by atoms with E-state index in [9.17, 15) is 9.59 Å². The maximum absolute atomic E-state index is 11.0. The van der Waals surface area contributed by atoms with Gasteiger partial charge in [0.25, 0.3) is 0 Å². The van der Waals surface area contributed by atoms with Crippen molar-refractivity contribution in [3.05, 3.63) is 0 Å². The van der Waals surface area contributed by atoms with E-state index < -0.39 is 20.6 Å². The molecule has 0 aromatic rings. The van der Waals surface area contributed by atoms with E-state index >= 15 is 0 Å². The molecule has 0 N–H and O–H groups in total. The molecule has 1 saturated heterocycles. The SMILES string of the molecule is [CH3][SnH]1[O]C(=O)CCSCCC(=O)[O]1. The molecular formula is C7H12O4SSn. The van der Waals surface area contributed by atoms with Crippen molar-refractivity contribution in [1.82, 2.24) is 0 Å². The minimum absolute atomic E-state index is 0.217. The van der Waals surface area contributed by atoms with Crippen LogP contribution in [0.2, 0.25) is 4.94 Å². The number of hydrogen-bond acceptors (Lipinski definition) is 5. The quantitative estimate of drug-likeness (QED) is 0.608.